The molecule has 1 aromatic rings. The molecule has 0 aromatic carbocycles. The first-order valence-electron chi connectivity index (χ1n) is 5.66. The lowest BCUT2D eigenvalue weighted by molar-refractivity contribution is 0.0209. The number of halogens is 2. The summed E-state index contributed by atoms with van der Waals surface area (Å²) in [5.74, 6) is 0.717. The van der Waals surface area contributed by atoms with E-state index in [9.17, 15) is 4.39 Å². The SMILES string of the molecule is COC1=C(COI)O[C@@H](n2cc(C)c(N)nc2=S)C1F. The Kier molecular flexibility index (Phi) is 4.81. The fourth-order valence-corrected chi connectivity index (χ4v) is 2.42. The van der Waals surface area contributed by atoms with E-state index in [1.54, 1.807) is 36.1 Å². The first-order chi connectivity index (χ1) is 9.49. The van der Waals surface area contributed by atoms with Gasteiger partial charge in [0.05, 0.1) is 7.11 Å². The molecule has 20 heavy (non-hydrogen) atoms. The molecule has 1 unspecified atom stereocenters. The van der Waals surface area contributed by atoms with Crippen LogP contribution in [-0.2, 0) is 12.5 Å². The van der Waals surface area contributed by atoms with E-state index in [1.807, 2.05) is 0 Å². The smallest absolute Gasteiger partial charge is 0.216 e. The van der Waals surface area contributed by atoms with Crippen LogP contribution >= 0.6 is 35.2 Å². The summed E-state index contributed by atoms with van der Waals surface area (Å²) in [6.45, 7) is 1.87. The molecule has 0 fully saturated rings. The molecule has 2 N–H and O–H groups in total. The van der Waals surface area contributed by atoms with E-state index in [-0.39, 0.29) is 17.1 Å². The van der Waals surface area contributed by atoms with Gasteiger partial charge in [0.15, 0.2) is 11.5 Å². The Labute approximate surface area is 134 Å². The van der Waals surface area contributed by atoms with Gasteiger partial charge in [-0.2, -0.15) is 0 Å². The number of nitrogens with zero attached hydrogens (tertiary/aromatic N) is 2. The zero-order valence-corrected chi connectivity index (χ0v) is 13.8. The van der Waals surface area contributed by atoms with Gasteiger partial charge >= 0.3 is 0 Å². The van der Waals surface area contributed by atoms with Gasteiger partial charge in [-0.05, 0) is 19.1 Å². The second-order valence-corrected chi connectivity index (χ2v) is 5.14. The summed E-state index contributed by atoms with van der Waals surface area (Å²) in [6, 6.07) is 0. The second-order valence-electron chi connectivity index (χ2n) is 4.15. The van der Waals surface area contributed by atoms with Crippen molar-refractivity contribution in [2.75, 3.05) is 19.5 Å². The van der Waals surface area contributed by atoms with Crippen molar-refractivity contribution in [3.05, 3.63) is 28.0 Å². The first kappa shape index (κ1) is 15.4. The van der Waals surface area contributed by atoms with Crippen LogP contribution < -0.4 is 5.73 Å². The average molecular weight is 413 g/mol. The lowest BCUT2D eigenvalue weighted by Crippen LogP contribution is -2.21. The minimum Gasteiger partial charge on any atom is -0.494 e. The lowest BCUT2D eigenvalue weighted by Gasteiger charge is -2.18. The normalized spacial score (nSPS) is 22.0. The summed E-state index contributed by atoms with van der Waals surface area (Å²) in [5, 5.41) is 0. The molecule has 0 bridgehead atoms. The van der Waals surface area contributed by atoms with E-state index < -0.39 is 12.4 Å². The number of methoxy groups -OCH3 is 1. The zero-order valence-electron chi connectivity index (χ0n) is 10.8. The Bertz CT molecular complexity index is 607. The van der Waals surface area contributed by atoms with Crippen LogP contribution in [-0.4, -0.2) is 29.4 Å². The lowest BCUT2D eigenvalue weighted by atomic mass is 10.2. The van der Waals surface area contributed by atoms with Crippen molar-refractivity contribution in [2.45, 2.75) is 19.3 Å². The highest BCUT2D eigenvalue weighted by molar-refractivity contribution is 14.1. The molecular formula is C11H13FIN3O3S. The van der Waals surface area contributed by atoms with Crippen molar-refractivity contribution in [3.8, 4) is 0 Å². The fourth-order valence-electron chi connectivity index (χ4n) is 1.89. The van der Waals surface area contributed by atoms with Gasteiger partial charge in [0, 0.05) is 11.8 Å². The Hall–Kier alpha value is -0.940. The van der Waals surface area contributed by atoms with E-state index in [4.69, 9.17) is 30.5 Å². The molecule has 0 radical (unpaired) electrons. The maximum absolute atomic E-state index is 14.4. The van der Waals surface area contributed by atoms with Crippen LogP contribution in [0.25, 0.3) is 0 Å². The minimum atomic E-state index is -1.49. The van der Waals surface area contributed by atoms with Crippen LogP contribution in [0.15, 0.2) is 17.7 Å². The quantitative estimate of drug-likeness (QED) is 0.605. The predicted octanol–water partition coefficient (Wildman–Crippen LogP) is 2.59. The predicted molar refractivity (Wildman–Crippen MR) is 81.2 cm³/mol. The van der Waals surface area contributed by atoms with Gasteiger partial charge in [-0.15, -0.1) is 0 Å². The topological polar surface area (TPSA) is 71.5 Å². The van der Waals surface area contributed by atoms with Crippen LogP contribution in [0.1, 0.15) is 11.8 Å². The maximum atomic E-state index is 14.4. The van der Waals surface area contributed by atoms with Crippen LogP contribution in [0.3, 0.4) is 0 Å². The Morgan fingerprint density at radius 1 is 1.65 bits per heavy atom. The maximum Gasteiger partial charge on any atom is 0.216 e. The third kappa shape index (κ3) is 2.74. The monoisotopic (exact) mass is 413 g/mol. The molecule has 0 saturated heterocycles. The van der Waals surface area contributed by atoms with Crippen molar-refractivity contribution in [2.24, 2.45) is 0 Å². The molecule has 2 rings (SSSR count). The van der Waals surface area contributed by atoms with Crippen molar-refractivity contribution in [1.29, 1.82) is 0 Å². The molecule has 2 atom stereocenters. The molecule has 0 aliphatic carbocycles. The molecule has 0 spiro atoms. The third-order valence-corrected chi connectivity index (χ3v) is 3.51. The van der Waals surface area contributed by atoms with Gasteiger partial charge in [0.1, 0.15) is 35.4 Å². The number of rotatable bonds is 4. The second kappa shape index (κ2) is 6.22. The minimum absolute atomic E-state index is 0.100. The number of nitrogen functional groups attached to an aromatic ring is 1. The largest absolute Gasteiger partial charge is 0.494 e. The van der Waals surface area contributed by atoms with Gasteiger partial charge in [0.25, 0.3) is 0 Å². The van der Waals surface area contributed by atoms with Crippen LogP contribution in [0.2, 0.25) is 0 Å². The fraction of sp³-hybridized carbons (Fsp3) is 0.455. The molecule has 1 aromatic heterocycles. The molecule has 1 aliphatic rings. The van der Waals surface area contributed by atoms with Gasteiger partial charge in [-0.3, -0.25) is 4.57 Å². The summed E-state index contributed by atoms with van der Waals surface area (Å²) in [5.41, 5.74) is 6.36. The van der Waals surface area contributed by atoms with Crippen molar-refractivity contribution < 1.29 is 16.9 Å². The highest BCUT2D eigenvalue weighted by Gasteiger charge is 2.40. The summed E-state index contributed by atoms with van der Waals surface area (Å²) in [6.07, 6.45) is -0.841. The van der Waals surface area contributed by atoms with Crippen molar-refractivity contribution in [3.63, 3.8) is 0 Å². The van der Waals surface area contributed by atoms with E-state index in [2.05, 4.69) is 4.98 Å². The van der Waals surface area contributed by atoms with Gasteiger partial charge < -0.3 is 18.3 Å². The Morgan fingerprint density at radius 2 is 2.35 bits per heavy atom. The molecule has 0 amide bonds. The Balaban J connectivity index is 2.38. The number of aryl methyl sites for hydroxylation is 1. The summed E-state index contributed by atoms with van der Waals surface area (Å²) in [7, 11) is 1.38. The number of anilines is 1. The van der Waals surface area contributed by atoms with E-state index in [0.29, 0.717) is 17.1 Å². The highest BCUT2D eigenvalue weighted by atomic mass is 127. The molecule has 9 heteroatoms. The summed E-state index contributed by atoms with van der Waals surface area (Å²) >= 11 is 6.80. The number of nitrogens with two attached hydrogens (primary N) is 1. The number of hydrogen-bond acceptors (Lipinski definition) is 6. The molecular weight excluding hydrogens is 400 g/mol. The van der Waals surface area contributed by atoms with Crippen molar-refractivity contribution >= 4 is 41.0 Å². The molecule has 6 nitrogen and oxygen atoms in total. The van der Waals surface area contributed by atoms with Gasteiger partial charge in [-0.25, -0.2) is 9.37 Å². The van der Waals surface area contributed by atoms with E-state index in [1.165, 1.54) is 11.7 Å². The standard InChI is InChI=1S/C11H13FIN3O3S/c1-5-3-16(11(20)15-9(5)14)10-7(12)8(17-2)6(19-10)4-18-13/h3,7,10H,4H2,1-2H3,(H2,14,15,20)/t7?,10-/m1/s1. The highest BCUT2D eigenvalue weighted by Crippen LogP contribution is 2.36. The summed E-state index contributed by atoms with van der Waals surface area (Å²) < 4.78 is 31.5. The molecule has 0 saturated carbocycles. The summed E-state index contributed by atoms with van der Waals surface area (Å²) in [4.78, 5) is 3.99. The van der Waals surface area contributed by atoms with E-state index >= 15 is 0 Å². The van der Waals surface area contributed by atoms with Gasteiger partial charge in [0.2, 0.25) is 17.2 Å². The molecule has 2 heterocycles. The third-order valence-electron chi connectivity index (χ3n) is 2.89. The first-order valence-corrected chi connectivity index (χ1v) is 6.95. The van der Waals surface area contributed by atoms with Crippen LogP contribution in [0.5, 0.6) is 0 Å². The van der Waals surface area contributed by atoms with Crippen LogP contribution in [0.4, 0.5) is 10.2 Å². The number of aromatic nitrogens is 2. The van der Waals surface area contributed by atoms with Crippen LogP contribution in [0, 0.1) is 11.7 Å². The number of alkyl halides is 1. The molecule has 110 valence electrons. The van der Waals surface area contributed by atoms with Gasteiger partial charge in [-0.1, -0.05) is 0 Å². The number of ether oxygens (including phenoxy) is 2. The zero-order chi connectivity index (χ0) is 14.9. The Morgan fingerprint density at radius 3 is 2.95 bits per heavy atom. The van der Waals surface area contributed by atoms with E-state index in [0.717, 1.165) is 0 Å². The number of hydrogen-bond donors (Lipinski definition) is 1. The van der Waals surface area contributed by atoms with Crippen molar-refractivity contribution in [1.82, 2.24) is 9.55 Å². The molecule has 1 aliphatic heterocycles. The average Bonchev–Trinajstić information content (AvgIpc) is 2.71.